The van der Waals surface area contributed by atoms with Crippen LogP contribution in [0.3, 0.4) is 0 Å². The van der Waals surface area contributed by atoms with Gasteiger partial charge in [0.05, 0.1) is 0 Å². The van der Waals surface area contributed by atoms with E-state index >= 15 is 0 Å². The summed E-state index contributed by atoms with van der Waals surface area (Å²) in [7, 11) is 1.82. The highest BCUT2D eigenvalue weighted by atomic mass is 16.2. The van der Waals surface area contributed by atoms with Crippen LogP contribution < -0.4 is 9.80 Å². The third-order valence-corrected chi connectivity index (χ3v) is 4.79. The third-order valence-electron chi connectivity index (χ3n) is 4.79. The molecule has 1 amide bonds. The van der Waals surface area contributed by atoms with Crippen molar-refractivity contribution in [2.24, 2.45) is 0 Å². The second-order valence-electron chi connectivity index (χ2n) is 6.67. The molecule has 3 rings (SSSR count). The maximum atomic E-state index is 12.3. The number of carbonyl (C=O) groups is 1. The molecule has 2 heterocycles. The van der Waals surface area contributed by atoms with Crippen molar-refractivity contribution in [1.82, 2.24) is 15.1 Å². The standard InChI is InChI=1S/C20H27N5O/c1-3-4-12-23(2)20(26)18-10-11-19(22-21-18)25-15-13-24(14-16-25)17-8-6-5-7-9-17/h5-11H,3-4,12-16H2,1-2H3. The van der Waals surface area contributed by atoms with Gasteiger partial charge in [-0.3, -0.25) is 4.79 Å². The van der Waals surface area contributed by atoms with E-state index in [0.29, 0.717) is 5.69 Å². The van der Waals surface area contributed by atoms with Gasteiger partial charge in [-0.15, -0.1) is 10.2 Å². The number of carbonyl (C=O) groups excluding carboxylic acids is 1. The Kier molecular flexibility index (Phi) is 6.04. The maximum absolute atomic E-state index is 12.3. The van der Waals surface area contributed by atoms with E-state index < -0.39 is 0 Å². The lowest BCUT2D eigenvalue weighted by atomic mass is 10.2. The van der Waals surface area contributed by atoms with Crippen molar-refractivity contribution in [3.05, 3.63) is 48.2 Å². The van der Waals surface area contributed by atoms with Crippen LogP contribution in [0, 0.1) is 0 Å². The molecular weight excluding hydrogens is 326 g/mol. The van der Waals surface area contributed by atoms with E-state index in [2.05, 4.69) is 51.2 Å². The van der Waals surface area contributed by atoms with E-state index in [0.717, 1.165) is 51.4 Å². The Morgan fingerprint density at radius 3 is 2.31 bits per heavy atom. The monoisotopic (exact) mass is 353 g/mol. The van der Waals surface area contributed by atoms with Gasteiger partial charge in [-0.25, -0.2) is 0 Å². The van der Waals surface area contributed by atoms with E-state index in [1.165, 1.54) is 5.69 Å². The van der Waals surface area contributed by atoms with Crippen LogP contribution in [0.1, 0.15) is 30.3 Å². The van der Waals surface area contributed by atoms with Crippen molar-refractivity contribution >= 4 is 17.4 Å². The lowest BCUT2D eigenvalue weighted by Gasteiger charge is -2.36. The SMILES string of the molecule is CCCCN(C)C(=O)c1ccc(N2CCN(c3ccccc3)CC2)nn1. The number of rotatable bonds is 6. The average molecular weight is 353 g/mol. The number of piperazine rings is 1. The summed E-state index contributed by atoms with van der Waals surface area (Å²) in [5.41, 5.74) is 1.67. The van der Waals surface area contributed by atoms with Crippen molar-refractivity contribution in [2.75, 3.05) is 49.6 Å². The number of para-hydroxylation sites is 1. The molecule has 6 heteroatoms. The van der Waals surface area contributed by atoms with E-state index in [-0.39, 0.29) is 5.91 Å². The highest BCUT2D eigenvalue weighted by molar-refractivity contribution is 5.92. The fraction of sp³-hybridized carbons (Fsp3) is 0.450. The molecule has 1 aliphatic rings. The second-order valence-corrected chi connectivity index (χ2v) is 6.67. The van der Waals surface area contributed by atoms with E-state index in [4.69, 9.17) is 0 Å². The topological polar surface area (TPSA) is 52.6 Å². The lowest BCUT2D eigenvalue weighted by Crippen LogP contribution is -2.46. The summed E-state index contributed by atoms with van der Waals surface area (Å²) in [4.78, 5) is 18.7. The summed E-state index contributed by atoms with van der Waals surface area (Å²) < 4.78 is 0. The first-order valence-electron chi connectivity index (χ1n) is 9.33. The van der Waals surface area contributed by atoms with Crippen molar-refractivity contribution in [3.8, 4) is 0 Å². The molecule has 138 valence electrons. The molecule has 0 bridgehead atoms. The minimum Gasteiger partial charge on any atom is -0.368 e. The fourth-order valence-electron chi connectivity index (χ4n) is 3.13. The van der Waals surface area contributed by atoms with Crippen LogP contribution in [0.2, 0.25) is 0 Å². The summed E-state index contributed by atoms with van der Waals surface area (Å²) in [5, 5.41) is 8.46. The van der Waals surface area contributed by atoms with Gasteiger partial charge in [0.1, 0.15) is 0 Å². The highest BCUT2D eigenvalue weighted by Gasteiger charge is 2.19. The molecule has 0 saturated carbocycles. The van der Waals surface area contributed by atoms with Crippen LogP contribution in [-0.4, -0.2) is 60.8 Å². The Bertz CT molecular complexity index is 696. The quantitative estimate of drug-likeness (QED) is 0.799. The molecule has 0 unspecified atom stereocenters. The largest absolute Gasteiger partial charge is 0.368 e. The van der Waals surface area contributed by atoms with Crippen LogP contribution in [0.25, 0.3) is 0 Å². The van der Waals surface area contributed by atoms with Crippen LogP contribution in [0.15, 0.2) is 42.5 Å². The number of anilines is 2. The molecule has 0 spiro atoms. The van der Waals surface area contributed by atoms with Crippen LogP contribution in [0.5, 0.6) is 0 Å². The molecule has 26 heavy (non-hydrogen) atoms. The number of amides is 1. The van der Waals surface area contributed by atoms with Crippen molar-refractivity contribution in [2.45, 2.75) is 19.8 Å². The summed E-state index contributed by atoms with van der Waals surface area (Å²) >= 11 is 0. The van der Waals surface area contributed by atoms with E-state index in [1.54, 1.807) is 11.0 Å². The second kappa shape index (κ2) is 8.65. The minimum absolute atomic E-state index is 0.0635. The number of hydrogen-bond acceptors (Lipinski definition) is 5. The summed E-state index contributed by atoms with van der Waals surface area (Å²) in [6.07, 6.45) is 2.07. The maximum Gasteiger partial charge on any atom is 0.274 e. The molecule has 0 radical (unpaired) electrons. The Morgan fingerprint density at radius 2 is 1.69 bits per heavy atom. The first-order valence-corrected chi connectivity index (χ1v) is 9.33. The van der Waals surface area contributed by atoms with Crippen LogP contribution in [0.4, 0.5) is 11.5 Å². The van der Waals surface area contributed by atoms with Gasteiger partial charge in [0.15, 0.2) is 11.5 Å². The van der Waals surface area contributed by atoms with Crippen molar-refractivity contribution in [1.29, 1.82) is 0 Å². The van der Waals surface area contributed by atoms with Gasteiger partial charge in [0.2, 0.25) is 0 Å². The molecule has 1 saturated heterocycles. The number of benzene rings is 1. The summed E-state index contributed by atoms with van der Waals surface area (Å²) in [6, 6.07) is 14.2. The molecule has 2 aromatic rings. The predicted molar refractivity (Wildman–Crippen MR) is 105 cm³/mol. The zero-order valence-electron chi connectivity index (χ0n) is 15.6. The number of nitrogens with zero attached hydrogens (tertiary/aromatic N) is 5. The van der Waals surface area contributed by atoms with Gasteiger partial charge in [0, 0.05) is 45.5 Å². The first kappa shape index (κ1) is 18.2. The Hall–Kier alpha value is -2.63. The first-order chi connectivity index (χ1) is 12.7. The van der Waals surface area contributed by atoms with Gasteiger partial charge in [-0.05, 0) is 30.7 Å². The molecule has 0 atom stereocenters. The minimum atomic E-state index is -0.0635. The molecule has 1 aliphatic heterocycles. The van der Waals surface area contributed by atoms with Gasteiger partial charge < -0.3 is 14.7 Å². The molecule has 1 fully saturated rings. The van der Waals surface area contributed by atoms with Gasteiger partial charge in [-0.2, -0.15) is 0 Å². The fourth-order valence-corrected chi connectivity index (χ4v) is 3.13. The summed E-state index contributed by atoms with van der Waals surface area (Å²) in [6.45, 7) is 6.56. The molecule has 1 aromatic heterocycles. The zero-order chi connectivity index (χ0) is 18.4. The summed E-state index contributed by atoms with van der Waals surface area (Å²) in [5.74, 6) is 0.775. The number of hydrogen-bond donors (Lipinski definition) is 0. The molecule has 6 nitrogen and oxygen atoms in total. The molecular formula is C20H27N5O. The van der Waals surface area contributed by atoms with Crippen LogP contribution >= 0.6 is 0 Å². The zero-order valence-corrected chi connectivity index (χ0v) is 15.6. The molecule has 0 aliphatic carbocycles. The number of unbranched alkanes of at least 4 members (excludes halogenated alkanes) is 1. The van der Waals surface area contributed by atoms with Crippen LogP contribution in [-0.2, 0) is 0 Å². The molecule has 0 N–H and O–H groups in total. The average Bonchev–Trinajstić information content (AvgIpc) is 2.72. The van der Waals surface area contributed by atoms with Gasteiger partial charge >= 0.3 is 0 Å². The molecule has 1 aromatic carbocycles. The number of aromatic nitrogens is 2. The Morgan fingerprint density at radius 1 is 1.00 bits per heavy atom. The third kappa shape index (κ3) is 4.31. The van der Waals surface area contributed by atoms with Crippen molar-refractivity contribution in [3.63, 3.8) is 0 Å². The van der Waals surface area contributed by atoms with Crippen molar-refractivity contribution < 1.29 is 4.79 Å². The van der Waals surface area contributed by atoms with E-state index in [1.807, 2.05) is 19.2 Å². The highest BCUT2D eigenvalue weighted by Crippen LogP contribution is 2.18. The van der Waals surface area contributed by atoms with E-state index in [9.17, 15) is 4.79 Å². The Labute approximate surface area is 155 Å². The normalized spacial score (nSPS) is 14.4. The lowest BCUT2D eigenvalue weighted by molar-refractivity contribution is 0.0786. The van der Waals surface area contributed by atoms with Gasteiger partial charge in [-0.1, -0.05) is 31.5 Å². The predicted octanol–water partition coefficient (Wildman–Crippen LogP) is 2.68. The smallest absolute Gasteiger partial charge is 0.274 e. The Balaban J connectivity index is 1.57. The van der Waals surface area contributed by atoms with Gasteiger partial charge in [0.25, 0.3) is 5.91 Å².